The molecule has 0 saturated carbocycles. The molecule has 1 atom stereocenters. The molecule has 0 aliphatic rings. The first-order valence-electron chi connectivity index (χ1n) is 6.15. The summed E-state index contributed by atoms with van der Waals surface area (Å²) in [4.78, 5) is 3.76. The minimum absolute atomic E-state index is 0.287. The lowest BCUT2D eigenvalue weighted by Crippen LogP contribution is -2.17. The Morgan fingerprint density at radius 1 is 1.22 bits per heavy atom. The van der Waals surface area contributed by atoms with Gasteiger partial charge in [0.15, 0.2) is 0 Å². The number of aromatic nitrogens is 1. The van der Waals surface area contributed by atoms with Gasteiger partial charge in [0, 0.05) is 17.8 Å². The molecule has 1 unspecified atom stereocenters. The highest BCUT2D eigenvalue weighted by Crippen LogP contribution is 2.23. The SMILES string of the molecule is CCNC(C)c1ccc(-c2ccncc2F)cc1. The summed E-state index contributed by atoms with van der Waals surface area (Å²) in [7, 11) is 0. The Morgan fingerprint density at radius 2 is 1.94 bits per heavy atom. The zero-order chi connectivity index (χ0) is 13.0. The van der Waals surface area contributed by atoms with Crippen LogP contribution in [-0.4, -0.2) is 11.5 Å². The third kappa shape index (κ3) is 2.74. The van der Waals surface area contributed by atoms with Crippen molar-refractivity contribution in [2.24, 2.45) is 0 Å². The molecule has 2 aromatic rings. The Bertz CT molecular complexity index is 508. The second-order valence-corrected chi connectivity index (χ2v) is 4.26. The van der Waals surface area contributed by atoms with E-state index in [2.05, 4.69) is 24.1 Å². The van der Waals surface area contributed by atoms with Gasteiger partial charge in [-0.2, -0.15) is 0 Å². The van der Waals surface area contributed by atoms with Crippen LogP contribution in [0, 0.1) is 5.82 Å². The molecule has 1 heterocycles. The van der Waals surface area contributed by atoms with Crippen LogP contribution in [0.1, 0.15) is 25.5 Å². The lowest BCUT2D eigenvalue weighted by molar-refractivity contribution is 0.598. The van der Waals surface area contributed by atoms with Crippen molar-refractivity contribution < 1.29 is 4.39 Å². The van der Waals surface area contributed by atoms with E-state index in [4.69, 9.17) is 0 Å². The molecular formula is C15H17FN2. The van der Waals surface area contributed by atoms with E-state index >= 15 is 0 Å². The van der Waals surface area contributed by atoms with Gasteiger partial charge in [-0.15, -0.1) is 0 Å². The molecule has 0 amide bonds. The maximum absolute atomic E-state index is 13.6. The molecule has 0 saturated heterocycles. The first kappa shape index (κ1) is 12.7. The second kappa shape index (κ2) is 5.74. The molecule has 0 aliphatic carbocycles. The van der Waals surface area contributed by atoms with Crippen molar-refractivity contribution in [3.8, 4) is 11.1 Å². The average molecular weight is 244 g/mol. The molecule has 2 nitrogen and oxygen atoms in total. The molecule has 3 heteroatoms. The Kier molecular flexibility index (Phi) is 4.05. The normalized spacial score (nSPS) is 12.4. The van der Waals surface area contributed by atoms with Crippen molar-refractivity contribution in [2.75, 3.05) is 6.54 Å². The van der Waals surface area contributed by atoms with E-state index in [1.54, 1.807) is 12.3 Å². The second-order valence-electron chi connectivity index (χ2n) is 4.26. The van der Waals surface area contributed by atoms with Crippen molar-refractivity contribution in [1.29, 1.82) is 0 Å². The number of hydrogen-bond donors (Lipinski definition) is 1. The maximum atomic E-state index is 13.6. The van der Waals surface area contributed by atoms with Crippen molar-refractivity contribution in [3.63, 3.8) is 0 Å². The average Bonchev–Trinajstić information content (AvgIpc) is 2.40. The highest BCUT2D eigenvalue weighted by molar-refractivity contribution is 5.63. The van der Waals surface area contributed by atoms with Crippen LogP contribution in [0.3, 0.4) is 0 Å². The van der Waals surface area contributed by atoms with Gasteiger partial charge in [-0.1, -0.05) is 31.2 Å². The van der Waals surface area contributed by atoms with Gasteiger partial charge in [-0.25, -0.2) is 4.39 Å². The quantitative estimate of drug-likeness (QED) is 0.889. The van der Waals surface area contributed by atoms with Gasteiger partial charge in [0.25, 0.3) is 0 Å². The summed E-state index contributed by atoms with van der Waals surface area (Å²) in [5, 5.41) is 3.35. The molecule has 1 N–H and O–H groups in total. The van der Waals surface area contributed by atoms with Crippen LogP contribution >= 0.6 is 0 Å². The van der Waals surface area contributed by atoms with Crippen LogP contribution in [0.25, 0.3) is 11.1 Å². The first-order valence-corrected chi connectivity index (χ1v) is 6.15. The summed E-state index contributed by atoms with van der Waals surface area (Å²) < 4.78 is 13.6. The van der Waals surface area contributed by atoms with E-state index in [0.717, 1.165) is 12.1 Å². The zero-order valence-electron chi connectivity index (χ0n) is 10.7. The Hall–Kier alpha value is -1.74. The minimum Gasteiger partial charge on any atom is -0.310 e. The summed E-state index contributed by atoms with van der Waals surface area (Å²) in [6.45, 7) is 5.13. The number of pyridine rings is 1. The molecule has 1 aromatic heterocycles. The zero-order valence-corrected chi connectivity index (χ0v) is 10.7. The van der Waals surface area contributed by atoms with E-state index in [9.17, 15) is 4.39 Å². The van der Waals surface area contributed by atoms with Crippen LogP contribution in [0.15, 0.2) is 42.7 Å². The molecule has 0 radical (unpaired) electrons. The molecule has 94 valence electrons. The maximum Gasteiger partial charge on any atom is 0.149 e. The van der Waals surface area contributed by atoms with Gasteiger partial charge < -0.3 is 5.32 Å². The van der Waals surface area contributed by atoms with E-state index in [1.165, 1.54) is 11.8 Å². The highest BCUT2D eigenvalue weighted by Gasteiger charge is 2.06. The van der Waals surface area contributed by atoms with E-state index in [0.29, 0.717) is 11.6 Å². The Balaban J connectivity index is 2.25. The van der Waals surface area contributed by atoms with E-state index in [1.807, 2.05) is 24.3 Å². The molecule has 2 rings (SSSR count). The fourth-order valence-electron chi connectivity index (χ4n) is 1.98. The summed E-state index contributed by atoms with van der Waals surface area (Å²) in [6.07, 6.45) is 2.85. The Labute approximate surface area is 107 Å². The van der Waals surface area contributed by atoms with Crippen molar-refractivity contribution in [2.45, 2.75) is 19.9 Å². The highest BCUT2D eigenvalue weighted by atomic mass is 19.1. The lowest BCUT2D eigenvalue weighted by atomic mass is 10.0. The third-order valence-corrected chi connectivity index (χ3v) is 3.00. The van der Waals surface area contributed by atoms with Crippen molar-refractivity contribution in [1.82, 2.24) is 10.3 Å². The van der Waals surface area contributed by atoms with Gasteiger partial charge in [-0.3, -0.25) is 4.98 Å². The van der Waals surface area contributed by atoms with Crippen LogP contribution in [-0.2, 0) is 0 Å². The summed E-state index contributed by atoms with van der Waals surface area (Å²) in [5.74, 6) is -0.287. The fourth-order valence-corrected chi connectivity index (χ4v) is 1.98. The number of benzene rings is 1. The van der Waals surface area contributed by atoms with Gasteiger partial charge in [0.05, 0.1) is 6.20 Å². The van der Waals surface area contributed by atoms with Crippen molar-refractivity contribution >= 4 is 0 Å². The molecule has 1 aromatic carbocycles. The Morgan fingerprint density at radius 3 is 2.56 bits per heavy atom. The fraction of sp³-hybridized carbons (Fsp3) is 0.267. The first-order chi connectivity index (χ1) is 8.72. The summed E-state index contributed by atoms with van der Waals surface area (Å²) in [6, 6.07) is 9.96. The molecule has 18 heavy (non-hydrogen) atoms. The predicted molar refractivity (Wildman–Crippen MR) is 71.7 cm³/mol. The van der Waals surface area contributed by atoms with Crippen molar-refractivity contribution in [3.05, 3.63) is 54.1 Å². The number of hydrogen-bond acceptors (Lipinski definition) is 2. The molecule has 0 aliphatic heterocycles. The smallest absolute Gasteiger partial charge is 0.149 e. The summed E-state index contributed by atoms with van der Waals surface area (Å²) >= 11 is 0. The van der Waals surface area contributed by atoms with E-state index in [-0.39, 0.29) is 5.82 Å². The van der Waals surface area contributed by atoms with Gasteiger partial charge in [0.1, 0.15) is 5.82 Å². The monoisotopic (exact) mass is 244 g/mol. The van der Waals surface area contributed by atoms with E-state index < -0.39 is 0 Å². The van der Waals surface area contributed by atoms with Crippen LogP contribution in [0.5, 0.6) is 0 Å². The van der Waals surface area contributed by atoms with Gasteiger partial charge in [0.2, 0.25) is 0 Å². The number of halogens is 1. The number of nitrogens with zero attached hydrogens (tertiary/aromatic N) is 1. The lowest BCUT2D eigenvalue weighted by Gasteiger charge is -2.13. The third-order valence-electron chi connectivity index (χ3n) is 3.00. The number of rotatable bonds is 4. The molecule has 0 fully saturated rings. The predicted octanol–water partition coefficient (Wildman–Crippen LogP) is 3.56. The van der Waals surface area contributed by atoms with Crippen LogP contribution in [0.2, 0.25) is 0 Å². The standard InChI is InChI=1S/C15H17FN2/c1-3-18-11(2)12-4-6-13(7-5-12)14-8-9-17-10-15(14)16/h4-11,18H,3H2,1-2H3. The minimum atomic E-state index is -0.287. The largest absolute Gasteiger partial charge is 0.310 e. The van der Waals surface area contributed by atoms with Crippen LogP contribution in [0.4, 0.5) is 4.39 Å². The van der Waals surface area contributed by atoms with Crippen LogP contribution < -0.4 is 5.32 Å². The molecular weight excluding hydrogens is 227 g/mol. The molecule has 0 bridgehead atoms. The van der Waals surface area contributed by atoms with Gasteiger partial charge >= 0.3 is 0 Å². The molecule has 0 spiro atoms. The number of nitrogens with one attached hydrogen (secondary N) is 1. The van der Waals surface area contributed by atoms with Gasteiger partial charge in [-0.05, 0) is 30.7 Å². The topological polar surface area (TPSA) is 24.9 Å². The summed E-state index contributed by atoms with van der Waals surface area (Å²) in [5.41, 5.74) is 2.67.